The van der Waals surface area contributed by atoms with Crippen molar-refractivity contribution in [3.63, 3.8) is 0 Å². The quantitative estimate of drug-likeness (QED) is 0.0979. The van der Waals surface area contributed by atoms with Gasteiger partial charge in [0.2, 0.25) is 0 Å². The highest BCUT2D eigenvalue weighted by Crippen LogP contribution is 2.30. The fraction of sp³-hybridized carbons (Fsp3) is 0.146. The number of esters is 1. The van der Waals surface area contributed by atoms with Gasteiger partial charge in [-0.2, -0.15) is 0 Å². The number of hydrogen-bond donors (Lipinski definition) is 0. The van der Waals surface area contributed by atoms with Crippen LogP contribution in [0.5, 0.6) is 0 Å². The Kier molecular flexibility index (Phi) is 14.1. The first-order chi connectivity index (χ1) is 22.2. The minimum Gasteiger partial charge on any atom is -0.463 e. The second kappa shape index (κ2) is 18.2. The number of carbonyl (C=O) groups excluding carboxylic acids is 3. The van der Waals surface area contributed by atoms with E-state index >= 15 is 0 Å². The molecule has 0 spiro atoms. The third-order valence-corrected chi connectivity index (χ3v) is 8.28. The lowest BCUT2D eigenvalue weighted by Gasteiger charge is -2.11. The van der Waals surface area contributed by atoms with Crippen molar-refractivity contribution >= 4 is 40.5 Å². The lowest BCUT2D eigenvalue weighted by atomic mass is 9.93. The Morgan fingerprint density at radius 3 is 1.50 bits per heavy atom. The fourth-order valence-corrected chi connectivity index (χ4v) is 5.12. The molecule has 0 heterocycles. The van der Waals surface area contributed by atoms with Crippen LogP contribution in [0.3, 0.4) is 0 Å². The Morgan fingerprint density at radius 2 is 1.02 bits per heavy atom. The summed E-state index contributed by atoms with van der Waals surface area (Å²) in [5.41, 5.74) is 11.9. The molecule has 46 heavy (non-hydrogen) atoms. The highest BCUT2D eigenvalue weighted by atomic mass is 79.9. The summed E-state index contributed by atoms with van der Waals surface area (Å²) < 4.78 is 5.77. The van der Waals surface area contributed by atoms with Crippen molar-refractivity contribution in [3.05, 3.63) is 159 Å². The summed E-state index contributed by atoms with van der Waals surface area (Å²) >= 11 is 3.23. The zero-order chi connectivity index (χ0) is 33.5. The molecular weight excluding hydrogens is 636 g/mol. The molecule has 0 bridgehead atoms. The molecule has 5 heteroatoms. The van der Waals surface area contributed by atoms with Crippen LogP contribution < -0.4 is 0 Å². The van der Waals surface area contributed by atoms with E-state index in [4.69, 9.17) is 4.74 Å². The average molecular weight is 676 g/mol. The lowest BCUT2D eigenvalue weighted by molar-refractivity contribution is -0.137. The zero-order valence-electron chi connectivity index (χ0n) is 26.9. The van der Waals surface area contributed by atoms with E-state index in [1.165, 1.54) is 33.9 Å². The third kappa shape index (κ3) is 9.82. The summed E-state index contributed by atoms with van der Waals surface area (Å²) in [6.07, 6.45) is 5.03. The van der Waals surface area contributed by atoms with E-state index in [0.717, 1.165) is 44.9 Å². The molecule has 0 N–H and O–H groups in total. The smallest absolute Gasteiger partial charge is 0.330 e. The molecule has 0 aromatic heterocycles. The van der Waals surface area contributed by atoms with E-state index in [1.54, 1.807) is 13.0 Å². The van der Waals surface area contributed by atoms with Gasteiger partial charge in [-0.1, -0.05) is 119 Å². The first kappa shape index (κ1) is 35.6. The van der Waals surface area contributed by atoms with E-state index in [9.17, 15) is 14.4 Å². The van der Waals surface area contributed by atoms with Gasteiger partial charge in [-0.05, 0) is 96.8 Å². The second-order valence-electron chi connectivity index (χ2n) is 10.5. The third-order valence-electron chi connectivity index (χ3n) is 7.56. The molecule has 0 aliphatic heterocycles. The number of rotatable bonds is 7. The van der Waals surface area contributed by atoms with E-state index < -0.39 is 0 Å². The topological polar surface area (TPSA) is 60.4 Å². The number of aryl methyl sites for hydroxylation is 2. The van der Waals surface area contributed by atoms with Gasteiger partial charge in [0.25, 0.3) is 0 Å². The van der Waals surface area contributed by atoms with Gasteiger partial charge in [-0.3, -0.25) is 9.59 Å². The molecule has 0 amide bonds. The largest absolute Gasteiger partial charge is 0.463 e. The molecule has 0 atom stereocenters. The fourth-order valence-electron chi connectivity index (χ4n) is 4.74. The maximum Gasteiger partial charge on any atom is 0.330 e. The maximum absolute atomic E-state index is 11.5. The van der Waals surface area contributed by atoms with Crippen molar-refractivity contribution in [2.24, 2.45) is 0 Å². The van der Waals surface area contributed by atoms with Crippen LogP contribution in [-0.2, 0) is 9.53 Å². The first-order valence-electron chi connectivity index (χ1n) is 15.0. The van der Waals surface area contributed by atoms with Gasteiger partial charge in [0.15, 0.2) is 12.6 Å². The zero-order valence-corrected chi connectivity index (χ0v) is 28.5. The lowest BCUT2D eigenvalue weighted by Crippen LogP contribution is -1.98. The van der Waals surface area contributed by atoms with Crippen molar-refractivity contribution in [2.75, 3.05) is 6.61 Å². The van der Waals surface area contributed by atoms with E-state index in [-0.39, 0.29) is 5.97 Å². The maximum atomic E-state index is 11.5. The average Bonchev–Trinajstić information content (AvgIpc) is 3.07. The molecule has 0 unspecified atom stereocenters. The van der Waals surface area contributed by atoms with Gasteiger partial charge >= 0.3 is 5.97 Å². The molecule has 0 aliphatic rings. The van der Waals surface area contributed by atoms with Gasteiger partial charge < -0.3 is 4.74 Å². The summed E-state index contributed by atoms with van der Waals surface area (Å²) in [6, 6.07) is 35.5. The van der Waals surface area contributed by atoms with Crippen LogP contribution in [0.25, 0.3) is 28.3 Å². The number of hydrogen-bond acceptors (Lipinski definition) is 4. The SMILES string of the molecule is CCOC(=O)/C=C/c1ccccc1-c1cccc(C)c1C.Cc1cccc(-c2ccccc2C=O)c1C.O=Cc1ccccc1Br. The van der Waals surface area contributed by atoms with Crippen molar-refractivity contribution in [2.45, 2.75) is 34.6 Å². The van der Waals surface area contributed by atoms with Gasteiger partial charge in [-0.25, -0.2) is 4.79 Å². The van der Waals surface area contributed by atoms with E-state index in [1.807, 2.05) is 72.8 Å². The summed E-state index contributed by atoms with van der Waals surface area (Å²) in [4.78, 5) is 32.7. The summed E-state index contributed by atoms with van der Waals surface area (Å²) in [5, 5.41) is 0. The number of ether oxygens (including phenoxy) is 1. The Hall–Kier alpha value is -4.87. The number of aldehydes is 2. The summed E-state index contributed by atoms with van der Waals surface area (Å²) in [5.74, 6) is -0.312. The van der Waals surface area contributed by atoms with E-state index in [2.05, 4.69) is 80.0 Å². The molecule has 0 saturated carbocycles. The molecule has 0 fully saturated rings. The highest BCUT2D eigenvalue weighted by Gasteiger charge is 2.08. The van der Waals surface area contributed by atoms with Crippen LogP contribution in [0.2, 0.25) is 0 Å². The minimum atomic E-state index is -0.312. The number of benzene rings is 5. The van der Waals surface area contributed by atoms with Crippen molar-refractivity contribution in [3.8, 4) is 22.3 Å². The standard InChI is InChI=1S/C19H20O2.C15H14O.C7H5BrO/c1-4-21-19(20)13-12-16-9-5-6-10-18(16)17-11-7-8-14(2)15(17)3;1-11-6-5-9-14(12(11)2)15-8-4-3-7-13(15)10-16;8-7-4-2-1-3-6(7)5-9/h5-13H,4H2,1-3H3;3-10H,1-2H3;1-5H/b13-12+;;. The van der Waals surface area contributed by atoms with Crippen molar-refractivity contribution in [1.29, 1.82) is 0 Å². The highest BCUT2D eigenvalue weighted by molar-refractivity contribution is 9.10. The Bertz CT molecular complexity index is 1820. The number of carbonyl (C=O) groups is 3. The molecule has 5 aromatic rings. The molecule has 5 rings (SSSR count). The van der Waals surface area contributed by atoms with Crippen LogP contribution in [0.15, 0.2) is 120 Å². The molecule has 0 saturated heterocycles. The Labute approximate surface area is 280 Å². The molecule has 4 nitrogen and oxygen atoms in total. The summed E-state index contributed by atoms with van der Waals surface area (Å²) in [6.45, 7) is 10.6. The molecule has 0 radical (unpaired) electrons. The molecule has 234 valence electrons. The Balaban J connectivity index is 0.000000203. The Morgan fingerprint density at radius 1 is 0.587 bits per heavy atom. The summed E-state index contributed by atoms with van der Waals surface area (Å²) in [7, 11) is 0. The van der Waals surface area contributed by atoms with Gasteiger partial charge in [-0.15, -0.1) is 0 Å². The monoisotopic (exact) mass is 674 g/mol. The minimum absolute atomic E-state index is 0.312. The first-order valence-corrected chi connectivity index (χ1v) is 15.8. The molecule has 0 aliphatic carbocycles. The van der Waals surface area contributed by atoms with Crippen LogP contribution in [0.1, 0.15) is 55.5 Å². The van der Waals surface area contributed by atoms with Crippen LogP contribution in [-0.4, -0.2) is 25.1 Å². The van der Waals surface area contributed by atoms with E-state index in [0.29, 0.717) is 12.2 Å². The predicted octanol–water partition coefficient (Wildman–Crippen LogP) is 10.6. The normalized spacial score (nSPS) is 10.2. The number of halogens is 1. The van der Waals surface area contributed by atoms with Crippen LogP contribution in [0.4, 0.5) is 0 Å². The van der Waals surface area contributed by atoms with Gasteiger partial charge in [0, 0.05) is 21.7 Å². The van der Waals surface area contributed by atoms with Gasteiger partial charge in [0.1, 0.15) is 0 Å². The van der Waals surface area contributed by atoms with Crippen LogP contribution in [0, 0.1) is 27.7 Å². The molecular formula is C41H39BrO4. The van der Waals surface area contributed by atoms with Crippen LogP contribution >= 0.6 is 15.9 Å². The second-order valence-corrected chi connectivity index (χ2v) is 11.4. The van der Waals surface area contributed by atoms with Crippen molar-refractivity contribution < 1.29 is 19.1 Å². The molecule has 5 aromatic carbocycles. The predicted molar refractivity (Wildman–Crippen MR) is 193 cm³/mol. The van der Waals surface area contributed by atoms with Gasteiger partial charge in [0.05, 0.1) is 6.61 Å². The van der Waals surface area contributed by atoms with Crippen molar-refractivity contribution in [1.82, 2.24) is 0 Å².